The van der Waals surface area contributed by atoms with Gasteiger partial charge in [-0.15, -0.1) is 11.3 Å². The molecular formula is C24H23N3O5S. The van der Waals surface area contributed by atoms with Crippen LogP contribution in [0.2, 0.25) is 0 Å². The Morgan fingerprint density at radius 3 is 2.27 bits per heavy atom. The van der Waals surface area contributed by atoms with Crippen molar-refractivity contribution in [3.63, 3.8) is 0 Å². The van der Waals surface area contributed by atoms with E-state index >= 15 is 0 Å². The van der Waals surface area contributed by atoms with E-state index in [-0.39, 0.29) is 23.4 Å². The van der Waals surface area contributed by atoms with Gasteiger partial charge in [0, 0.05) is 17.3 Å². The summed E-state index contributed by atoms with van der Waals surface area (Å²) in [4.78, 5) is 39.8. The summed E-state index contributed by atoms with van der Waals surface area (Å²) in [5.74, 6) is -2.31. The fraction of sp³-hybridized carbons (Fsp3) is 0.250. The fourth-order valence-electron chi connectivity index (χ4n) is 3.78. The molecule has 0 saturated carbocycles. The Bertz CT molecular complexity index is 1160. The summed E-state index contributed by atoms with van der Waals surface area (Å²) >= 11 is 1.08. The third-order valence-electron chi connectivity index (χ3n) is 5.79. The van der Waals surface area contributed by atoms with Crippen LogP contribution in [0.3, 0.4) is 0 Å². The summed E-state index contributed by atoms with van der Waals surface area (Å²) in [5, 5.41) is 15.9. The molecule has 0 spiro atoms. The molecule has 1 heterocycles. The largest absolute Gasteiger partial charge is 0.481 e. The van der Waals surface area contributed by atoms with Crippen molar-refractivity contribution in [1.82, 2.24) is 10.3 Å². The van der Waals surface area contributed by atoms with Crippen molar-refractivity contribution in [1.29, 1.82) is 0 Å². The number of rotatable bonds is 7. The van der Waals surface area contributed by atoms with Crippen LogP contribution in [0.1, 0.15) is 41.4 Å². The van der Waals surface area contributed by atoms with Gasteiger partial charge in [-0.3, -0.25) is 14.9 Å². The van der Waals surface area contributed by atoms with Gasteiger partial charge < -0.3 is 15.2 Å². The smallest absolute Gasteiger partial charge is 0.413 e. The van der Waals surface area contributed by atoms with E-state index in [4.69, 9.17) is 9.84 Å². The molecule has 170 valence electrons. The maximum Gasteiger partial charge on any atom is 0.413 e. The highest BCUT2D eigenvalue weighted by Crippen LogP contribution is 2.44. The van der Waals surface area contributed by atoms with Crippen LogP contribution >= 0.6 is 11.3 Å². The van der Waals surface area contributed by atoms with Gasteiger partial charge >= 0.3 is 12.1 Å². The van der Waals surface area contributed by atoms with Crippen LogP contribution in [-0.4, -0.2) is 40.7 Å². The zero-order chi connectivity index (χ0) is 23.5. The summed E-state index contributed by atoms with van der Waals surface area (Å²) in [6.45, 7) is 3.29. The minimum absolute atomic E-state index is 0.0569. The molecule has 1 aliphatic rings. The molecule has 2 unspecified atom stereocenters. The van der Waals surface area contributed by atoms with Crippen LogP contribution in [0.4, 0.5) is 9.93 Å². The number of amides is 2. The second-order valence-corrected chi connectivity index (χ2v) is 8.74. The highest BCUT2D eigenvalue weighted by molar-refractivity contribution is 7.14. The van der Waals surface area contributed by atoms with E-state index < -0.39 is 29.9 Å². The lowest BCUT2D eigenvalue weighted by molar-refractivity contribution is -0.141. The molecule has 3 aromatic rings. The molecule has 1 aliphatic carbocycles. The lowest BCUT2D eigenvalue weighted by Gasteiger charge is -2.16. The molecule has 2 atom stereocenters. The summed E-state index contributed by atoms with van der Waals surface area (Å²) in [7, 11) is 0. The van der Waals surface area contributed by atoms with Gasteiger partial charge in [0.05, 0.1) is 5.92 Å². The van der Waals surface area contributed by atoms with Gasteiger partial charge in [-0.2, -0.15) is 0 Å². The Hall–Kier alpha value is -3.72. The predicted molar refractivity (Wildman–Crippen MR) is 125 cm³/mol. The number of nitrogens with one attached hydrogen (secondary N) is 2. The number of carbonyl (C=O) groups is 3. The Morgan fingerprint density at radius 1 is 1.06 bits per heavy atom. The van der Waals surface area contributed by atoms with Gasteiger partial charge in [0.15, 0.2) is 5.13 Å². The van der Waals surface area contributed by atoms with Crippen molar-refractivity contribution < 1.29 is 24.2 Å². The molecule has 0 bridgehead atoms. The Balaban J connectivity index is 1.36. The van der Waals surface area contributed by atoms with Crippen molar-refractivity contribution in [2.24, 2.45) is 5.92 Å². The number of hydrogen-bond acceptors (Lipinski definition) is 6. The maximum atomic E-state index is 12.4. The van der Waals surface area contributed by atoms with Gasteiger partial charge in [-0.05, 0) is 36.1 Å². The molecule has 0 aliphatic heterocycles. The summed E-state index contributed by atoms with van der Waals surface area (Å²) in [5.41, 5.74) is 4.61. The molecule has 33 heavy (non-hydrogen) atoms. The summed E-state index contributed by atoms with van der Waals surface area (Å²) in [6, 6.07) is 15.6. The van der Waals surface area contributed by atoms with Crippen molar-refractivity contribution in [2.75, 3.05) is 11.9 Å². The second-order valence-electron chi connectivity index (χ2n) is 7.88. The van der Waals surface area contributed by atoms with E-state index in [1.54, 1.807) is 6.92 Å². The number of aliphatic carboxylic acids is 1. The number of anilines is 1. The topological polar surface area (TPSA) is 118 Å². The molecule has 1 aromatic heterocycles. The van der Waals surface area contributed by atoms with Gasteiger partial charge in [-0.1, -0.05) is 48.5 Å². The molecule has 2 aromatic carbocycles. The monoisotopic (exact) mass is 465 g/mol. The molecule has 0 saturated heterocycles. The van der Waals surface area contributed by atoms with E-state index in [0.29, 0.717) is 0 Å². The standard InChI is InChI=1S/C24H23N3O5S/c1-13(22(29)30)14(2)25-21(28)20-12-33-23(26-20)27-24(31)32-11-19-17-9-5-3-7-15(17)16-8-4-6-10-18(16)19/h3-10,12-14,19H,11H2,1-2H3,(H,25,28)(H,29,30)(H,26,27,31). The van der Waals surface area contributed by atoms with E-state index in [9.17, 15) is 14.4 Å². The number of carbonyl (C=O) groups excluding carboxylic acids is 2. The average Bonchev–Trinajstić information content (AvgIpc) is 3.40. The van der Waals surface area contributed by atoms with Gasteiger partial charge in [0.2, 0.25) is 0 Å². The third-order valence-corrected chi connectivity index (χ3v) is 6.55. The molecule has 4 rings (SSSR count). The lowest BCUT2D eigenvalue weighted by atomic mass is 9.98. The first-order valence-corrected chi connectivity index (χ1v) is 11.3. The summed E-state index contributed by atoms with van der Waals surface area (Å²) in [6.07, 6.45) is -0.661. The van der Waals surface area contributed by atoms with E-state index in [1.165, 1.54) is 12.3 Å². The molecule has 9 heteroatoms. The quantitative estimate of drug-likeness (QED) is 0.478. The van der Waals surface area contributed by atoms with Crippen LogP contribution in [0.15, 0.2) is 53.9 Å². The van der Waals surface area contributed by atoms with Crippen LogP contribution < -0.4 is 10.6 Å². The highest BCUT2D eigenvalue weighted by Gasteiger charge is 2.29. The molecule has 0 fully saturated rings. The van der Waals surface area contributed by atoms with Gasteiger partial charge in [0.1, 0.15) is 12.3 Å². The Morgan fingerprint density at radius 2 is 1.67 bits per heavy atom. The normalized spacial score (nSPS) is 14.0. The number of fused-ring (bicyclic) bond motifs is 3. The first kappa shape index (κ1) is 22.5. The molecular weight excluding hydrogens is 442 g/mol. The van der Waals surface area contributed by atoms with Crippen molar-refractivity contribution in [2.45, 2.75) is 25.8 Å². The molecule has 0 radical (unpaired) electrons. The Kier molecular flexibility index (Phi) is 6.41. The Labute approximate surface area is 194 Å². The first-order chi connectivity index (χ1) is 15.8. The van der Waals surface area contributed by atoms with Crippen LogP contribution in [0.25, 0.3) is 11.1 Å². The van der Waals surface area contributed by atoms with Crippen molar-refractivity contribution >= 4 is 34.4 Å². The van der Waals surface area contributed by atoms with E-state index in [2.05, 4.69) is 27.8 Å². The first-order valence-electron chi connectivity index (χ1n) is 10.5. The zero-order valence-corrected chi connectivity index (χ0v) is 18.9. The number of ether oxygens (including phenoxy) is 1. The average molecular weight is 466 g/mol. The summed E-state index contributed by atoms with van der Waals surface area (Å²) < 4.78 is 5.49. The number of thiazole rings is 1. The number of carboxylic acids is 1. The number of benzene rings is 2. The number of aromatic nitrogens is 1. The SMILES string of the molecule is CC(NC(=O)c1csc(NC(=O)OCC2c3ccccc3-c3ccccc32)n1)C(C)C(=O)O. The predicted octanol–water partition coefficient (Wildman–Crippen LogP) is 4.34. The number of hydrogen-bond donors (Lipinski definition) is 3. The van der Waals surface area contributed by atoms with Crippen molar-refractivity contribution in [3.05, 3.63) is 70.7 Å². The number of nitrogens with zero attached hydrogens (tertiary/aromatic N) is 1. The fourth-order valence-corrected chi connectivity index (χ4v) is 4.45. The maximum absolute atomic E-state index is 12.4. The number of carboxylic acid groups (broad SMARTS) is 1. The van der Waals surface area contributed by atoms with E-state index in [0.717, 1.165) is 33.6 Å². The van der Waals surface area contributed by atoms with Crippen LogP contribution in [-0.2, 0) is 9.53 Å². The van der Waals surface area contributed by atoms with Crippen molar-refractivity contribution in [3.8, 4) is 11.1 Å². The zero-order valence-electron chi connectivity index (χ0n) is 18.1. The third kappa shape index (κ3) is 4.73. The minimum atomic E-state index is -1.00. The van der Waals surface area contributed by atoms with Gasteiger partial charge in [0.25, 0.3) is 5.91 Å². The second kappa shape index (κ2) is 9.41. The van der Waals surface area contributed by atoms with Crippen LogP contribution in [0.5, 0.6) is 0 Å². The molecule has 8 nitrogen and oxygen atoms in total. The minimum Gasteiger partial charge on any atom is -0.481 e. The lowest BCUT2D eigenvalue weighted by Crippen LogP contribution is -2.40. The van der Waals surface area contributed by atoms with E-state index in [1.807, 2.05) is 36.4 Å². The van der Waals surface area contributed by atoms with Gasteiger partial charge in [-0.25, -0.2) is 9.78 Å². The highest BCUT2D eigenvalue weighted by atomic mass is 32.1. The molecule has 3 N–H and O–H groups in total. The molecule has 2 amide bonds. The van der Waals surface area contributed by atoms with Crippen LogP contribution in [0, 0.1) is 5.92 Å².